The molecule has 0 aromatic carbocycles. The predicted octanol–water partition coefficient (Wildman–Crippen LogP) is 3.26. The summed E-state index contributed by atoms with van der Waals surface area (Å²) in [6.45, 7) is 10.2. The monoisotopic (exact) mass is 308 g/mol. The third-order valence-electron chi connectivity index (χ3n) is 4.71. The summed E-state index contributed by atoms with van der Waals surface area (Å²) >= 11 is 0. The summed E-state index contributed by atoms with van der Waals surface area (Å²) in [6, 6.07) is 0. The van der Waals surface area contributed by atoms with Crippen LogP contribution in [-0.2, 0) is 18.8 Å². The molecule has 1 rings (SSSR count). The number of rotatable bonds is 10. The first-order chi connectivity index (χ1) is 10.2. The molecule has 1 N–H and O–H groups in total. The summed E-state index contributed by atoms with van der Waals surface area (Å²) in [5, 5.41) is 6.59. The molecular formula is C15H28B2NO4. The highest BCUT2D eigenvalue weighted by atomic mass is 16.7. The number of aldehydes is 1. The minimum absolute atomic E-state index is 0.163. The first-order valence-corrected chi connectivity index (χ1v) is 7.94. The van der Waals surface area contributed by atoms with Gasteiger partial charge in [0.1, 0.15) is 12.7 Å². The largest absolute Gasteiger partial charge is 0.555 e. The molecule has 0 aromatic rings. The minimum atomic E-state index is -0.324. The highest BCUT2D eigenvalue weighted by Crippen LogP contribution is 2.39. The first-order valence-electron chi connectivity index (χ1n) is 7.94. The molecule has 0 bridgehead atoms. The lowest BCUT2D eigenvalue weighted by Gasteiger charge is -2.32. The van der Waals surface area contributed by atoms with E-state index in [1.54, 1.807) is 7.48 Å². The van der Waals surface area contributed by atoms with Crippen LogP contribution in [0.1, 0.15) is 60.3 Å². The third kappa shape index (κ3) is 5.13. The minimum Gasteiger partial charge on any atom is -0.555 e. The topological polar surface area (TPSA) is 68.6 Å². The van der Waals surface area contributed by atoms with Crippen LogP contribution in [0.4, 0.5) is 0 Å². The second-order valence-corrected chi connectivity index (χ2v) is 7.33. The molecule has 1 heterocycles. The van der Waals surface area contributed by atoms with Crippen molar-refractivity contribution >= 4 is 27.3 Å². The Labute approximate surface area is 135 Å². The Hall–Kier alpha value is -0.810. The van der Waals surface area contributed by atoms with Crippen LogP contribution < -0.4 is 0 Å². The molecule has 1 aliphatic rings. The van der Waals surface area contributed by atoms with E-state index in [-0.39, 0.29) is 23.6 Å². The van der Waals surface area contributed by atoms with Crippen molar-refractivity contribution in [2.75, 3.05) is 0 Å². The molecule has 0 aromatic heterocycles. The van der Waals surface area contributed by atoms with Crippen LogP contribution in [0, 0.1) is 5.41 Å². The van der Waals surface area contributed by atoms with Crippen LogP contribution in [0.25, 0.3) is 0 Å². The molecule has 1 unspecified atom stereocenters. The number of hydrogen-bond donors (Lipinski definition) is 1. The van der Waals surface area contributed by atoms with E-state index in [4.69, 9.17) is 19.4 Å². The summed E-state index contributed by atoms with van der Waals surface area (Å²) in [5.41, 5.74) is -0.565. The van der Waals surface area contributed by atoms with Crippen molar-refractivity contribution in [3.05, 3.63) is 0 Å². The average Bonchev–Trinajstić information content (AvgIpc) is 2.61. The van der Waals surface area contributed by atoms with Crippen LogP contribution in [0.15, 0.2) is 0 Å². The Morgan fingerprint density at radius 3 is 2.32 bits per heavy atom. The van der Waals surface area contributed by atoms with Crippen molar-refractivity contribution in [1.82, 2.24) is 0 Å². The zero-order valence-corrected chi connectivity index (χ0v) is 14.5. The fourth-order valence-corrected chi connectivity index (χ4v) is 2.52. The number of hydrogen-bond acceptors (Lipinski definition) is 5. The van der Waals surface area contributed by atoms with E-state index >= 15 is 0 Å². The van der Waals surface area contributed by atoms with Gasteiger partial charge in [-0.1, -0.05) is 26.2 Å². The lowest BCUT2D eigenvalue weighted by molar-refractivity contribution is -0.108. The van der Waals surface area contributed by atoms with Crippen LogP contribution >= 0.6 is 0 Å². The van der Waals surface area contributed by atoms with Crippen molar-refractivity contribution in [2.45, 2.75) is 83.1 Å². The summed E-state index contributed by atoms with van der Waals surface area (Å²) in [4.78, 5) is 10.8. The quantitative estimate of drug-likeness (QED) is 0.221. The Kier molecular flexibility index (Phi) is 6.68. The molecule has 5 nitrogen and oxygen atoms in total. The maximum Gasteiger partial charge on any atom is 0.457 e. The van der Waals surface area contributed by atoms with Crippen LogP contribution in [-0.4, -0.2) is 38.5 Å². The highest BCUT2D eigenvalue weighted by Gasteiger charge is 2.50. The van der Waals surface area contributed by atoms with E-state index < -0.39 is 0 Å². The number of unbranched alkanes of at least 4 members (excludes halogenated alkanes) is 1. The van der Waals surface area contributed by atoms with Gasteiger partial charge in [-0.3, -0.25) is 5.41 Å². The van der Waals surface area contributed by atoms with E-state index in [0.29, 0.717) is 6.42 Å². The fraction of sp³-hybridized carbons (Fsp3) is 0.867. The summed E-state index contributed by atoms with van der Waals surface area (Å²) in [5.74, 6) is 0. The van der Waals surface area contributed by atoms with Crippen molar-refractivity contribution in [3.63, 3.8) is 0 Å². The van der Waals surface area contributed by atoms with Gasteiger partial charge in [0.05, 0.1) is 11.2 Å². The summed E-state index contributed by atoms with van der Waals surface area (Å²) < 4.78 is 16.9. The number of carbonyl (C=O) groups is 1. The van der Waals surface area contributed by atoms with Crippen molar-refractivity contribution < 1.29 is 18.8 Å². The van der Waals surface area contributed by atoms with E-state index in [1.807, 2.05) is 6.92 Å². The lowest BCUT2D eigenvalue weighted by atomic mass is 9.60. The van der Waals surface area contributed by atoms with Gasteiger partial charge < -0.3 is 18.8 Å². The molecule has 1 aliphatic heterocycles. The van der Waals surface area contributed by atoms with Crippen LogP contribution in [0.5, 0.6) is 0 Å². The standard InChI is InChI=1S/C15H28B2NO4/c1-13(2)14(3,4)22-17(21-13)10-7-6-8-15(5,9-11-19)16-20-12-18/h11-12,18H,6-10H2,1-5H3. The lowest BCUT2D eigenvalue weighted by Crippen LogP contribution is -2.41. The van der Waals surface area contributed by atoms with E-state index in [2.05, 4.69) is 27.7 Å². The van der Waals surface area contributed by atoms with Crippen LogP contribution in [0.2, 0.25) is 11.6 Å². The Morgan fingerprint density at radius 2 is 1.82 bits per heavy atom. The van der Waals surface area contributed by atoms with E-state index in [1.165, 1.54) is 0 Å². The van der Waals surface area contributed by atoms with Gasteiger partial charge in [-0.05, 0) is 39.3 Å². The smallest absolute Gasteiger partial charge is 0.457 e. The molecule has 0 spiro atoms. The molecule has 22 heavy (non-hydrogen) atoms. The van der Waals surface area contributed by atoms with Crippen molar-refractivity contribution in [1.29, 1.82) is 5.41 Å². The van der Waals surface area contributed by atoms with Gasteiger partial charge in [0.2, 0.25) is 0 Å². The van der Waals surface area contributed by atoms with E-state index in [0.717, 1.165) is 38.3 Å². The molecule has 0 amide bonds. The average molecular weight is 308 g/mol. The normalized spacial score (nSPS) is 22.0. The Bertz CT molecular complexity index is 374. The maximum atomic E-state index is 10.8. The highest BCUT2D eigenvalue weighted by molar-refractivity contribution is 6.45. The van der Waals surface area contributed by atoms with Crippen molar-refractivity contribution in [2.24, 2.45) is 0 Å². The Morgan fingerprint density at radius 1 is 1.23 bits per heavy atom. The summed E-state index contributed by atoms with van der Waals surface area (Å²) in [7, 11) is 1.42. The molecule has 1 atom stereocenters. The number of carbonyl (C=O) groups excluding carboxylic acids is 1. The molecule has 123 valence electrons. The summed E-state index contributed by atoms with van der Waals surface area (Å²) in [6.07, 6.45) is 5.77. The van der Waals surface area contributed by atoms with Gasteiger partial charge in [-0.15, -0.1) is 0 Å². The zero-order valence-electron chi connectivity index (χ0n) is 14.5. The van der Waals surface area contributed by atoms with E-state index in [9.17, 15) is 4.79 Å². The predicted molar refractivity (Wildman–Crippen MR) is 89.4 cm³/mol. The molecule has 1 saturated heterocycles. The van der Waals surface area contributed by atoms with Gasteiger partial charge in [-0.2, -0.15) is 0 Å². The van der Waals surface area contributed by atoms with Gasteiger partial charge in [0, 0.05) is 6.42 Å². The first kappa shape index (κ1) is 19.2. The molecular weight excluding hydrogens is 280 g/mol. The zero-order chi connectivity index (χ0) is 16.9. The second-order valence-electron chi connectivity index (χ2n) is 7.33. The molecule has 7 heteroatoms. The van der Waals surface area contributed by atoms with Gasteiger partial charge in [0.15, 0.2) is 0 Å². The second kappa shape index (κ2) is 7.64. The number of nitrogens with one attached hydrogen (secondary N) is 1. The van der Waals surface area contributed by atoms with Gasteiger partial charge in [-0.25, -0.2) is 0 Å². The van der Waals surface area contributed by atoms with Crippen LogP contribution in [0.3, 0.4) is 0 Å². The third-order valence-corrected chi connectivity index (χ3v) is 4.71. The Balaban J connectivity index is 2.35. The maximum absolute atomic E-state index is 10.8. The fourth-order valence-electron chi connectivity index (χ4n) is 2.52. The van der Waals surface area contributed by atoms with Gasteiger partial charge >= 0.3 is 14.6 Å². The molecule has 1 radical (unpaired) electrons. The van der Waals surface area contributed by atoms with Crippen molar-refractivity contribution in [3.8, 4) is 0 Å². The molecule has 0 saturated carbocycles. The molecule has 1 fully saturated rings. The van der Waals surface area contributed by atoms with Gasteiger partial charge in [0.25, 0.3) is 0 Å². The SMILES string of the molecule is CC([B]OC=N)(CC=O)CCCCB1OC(C)(C)C(C)(C)O1. The molecule has 0 aliphatic carbocycles.